The van der Waals surface area contributed by atoms with E-state index in [2.05, 4.69) is 10.6 Å². The summed E-state index contributed by atoms with van der Waals surface area (Å²) in [4.78, 5) is 12.2. The number of halogens is 1. The Labute approximate surface area is 145 Å². The molecule has 0 aliphatic carbocycles. The highest BCUT2D eigenvalue weighted by Crippen LogP contribution is 2.28. The fourth-order valence-corrected chi connectivity index (χ4v) is 2.85. The van der Waals surface area contributed by atoms with Gasteiger partial charge in [-0.1, -0.05) is 17.7 Å². The van der Waals surface area contributed by atoms with Gasteiger partial charge in [-0.3, -0.25) is 0 Å². The van der Waals surface area contributed by atoms with Gasteiger partial charge in [0.05, 0.1) is 13.2 Å². The summed E-state index contributed by atoms with van der Waals surface area (Å²) in [6.45, 7) is 2.30. The van der Waals surface area contributed by atoms with E-state index >= 15 is 0 Å². The van der Waals surface area contributed by atoms with Gasteiger partial charge in [-0.05, 0) is 54.8 Å². The van der Waals surface area contributed by atoms with E-state index < -0.39 is 0 Å². The number of hydrogen-bond donors (Lipinski definition) is 2. The maximum atomic E-state index is 12.2. The molecule has 1 aliphatic rings. The standard InChI is InChI=1S/C18H19ClN2O3/c1-11-15(19)4-3-5-16(11)21-18(22)20-13-8-12-9-14(23-2)6-7-17(12)24-10-13/h3-7,9,13H,8,10H2,1-2H3,(H2,20,21,22). The second kappa shape index (κ2) is 7.01. The van der Waals surface area contributed by atoms with Crippen LogP contribution >= 0.6 is 11.6 Å². The lowest BCUT2D eigenvalue weighted by Gasteiger charge is -2.26. The highest BCUT2D eigenvalue weighted by Gasteiger charge is 2.22. The smallest absolute Gasteiger partial charge is 0.319 e. The van der Waals surface area contributed by atoms with Gasteiger partial charge >= 0.3 is 6.03 Å². The van der Waals surface area contributed by atoms with Gasteiger partial charge in [0.1, 0.15) is 18.1 Å². The zero-order chi connectivity index (χ0) is 17.1. The second-order valence-corrected chi connectivity index (χ2v) is 6.10. The summed E-state index contributed by atoms with van der Waals surface area (Å²) in [5, 5.41) is 6.38. The molecule has 3 rings (SSSR count). The maximum absolute atomic E-state index is 12.2. The van der Waals surface area contributed by atoms with Crippen LogP contribution in [0.15, 0.2) is 36.4 Å². The Kier molecular flexibility index (Phi) is 4.81. The highest BCUT2D eigenvalue weighted by molar-refractivity contribution is 6.31. The van der Waals surface area contributed by atoms with Gasteiger partial charge in [0, 0.05) is 10.7 Å². The van der Waals surface area contributed by atoms with Crippen molar-refractivity contribution < 1.29 is 14.3 Å². The molecular formula is C18H19ClN2O3. The monoisotopic (exact) mass is 346 g/mol. The van der Waals surface area contributed by atoms with Gasteiger partial charge in [-0.15, -0.1) is 0 Å². The number of fused-ring (bicyclic) bond motifs is 1. The van der Waals surface area contributed by atoms with Crippen LogP contribution in [0.3, 0.4) is 0 Å². The third-order valence-corrected chi connectivity index (χ3v) is 4.43. The van der Waals surface area contributed by atoms with E-state index in [0.717, 1.165) is 22.6 Å². The largest absolute Gasteiger partial charge is 0.497 e. The summed E-state index contributed by atoms with van der Waals surface area (Å²) in [7, 11) is 1.63. The highest BCUT2D eigenvalue weighted by atomic mass is 35.5. The van der Waals surface area contributed by atoms with Crippen molar-refractivity contribution in [1.29, 1.82) is 0 Å². The van der Waals surface area contributed by atoms with Crippen molar-refractivity contribution in [2.75, 3.05) is 19.0 Å². The summed E-state index contributed by atoms with van der Waals surface area (Å²) in [5.41, 5.74) is 2.55. The van der Waals surface area contributed by atoms with Crippen molar-refractivity contribution in [2.45, 2.75) is 19.4 Å². The number of urea groups is 1. The lowest BCUT2D eigenvalue weighted by molar-refractivity contribution is 0.222. The first-order chi connectivity index (χ1) is 11.6. The predicted octanol–water partition coefficient (Wildman–Crippen LogP) is 3.78. The Balaban J connectivity index is 1.64. The molecule has 1 aliphatic heterocycles. The van der Waals surface area contributed by atoms with E-state index in [1.54, 1.807) is 19.2 Å². The minimum Gasteiger partial charge on any atom is -0.497 e. The first-order valence-electron chi connectivity index (χ1n) is 7.69. The second-order valence-electron chi connectivity index (χ2n) is 5.70. The number of carbonyl (C=O) groups is 1. The predicted molar refractivity (Wildman–Crippen MR) is 94.3 cm³/mol. The van der Waals surface area contributed by atoms with Crippen LogP contribution in [0.1, 0.15) is 11.1 Å². The van der Waals surface area contributed by atoms with Crippen molar-refractivity contribution in [3.05, 3.63) is 52.5 Å². The van der Waals surface area contributed by atoms with Gasteiger partial charge in [0.15, 0.2) is 0 Å². The molecule has 24 heavy (non-hydrogen) atoms. The van der Waals surface area contributed by atoms with Crippen LogP contribution in [0.25, 0.3) is 0 Å². The zero-order valence-corrected chi connectivity index (χ0v) is 14.3. The van der Waals surface area contributed by atoms with Crippen LogP contribution in [-0.2, 0) is 6.42 Å². The van der Waals surface area contributed by atoms with Gasteiger partial charge in [0.25, 0.3) is 0 Å². The lowest BCUT2D eigenvalue weighted by atomic mass is 10.0. The molecule has 2 amide bonds. The van der Waals surface area contributed by atoms with Crippen LogP contribution in [0, 0.1) is 6.92 Å². The number of nitrogens with one attached hydrogen (secondary N) is 2. The molecule has 5 nitrogen and oxygen atoms in total. The third-order valence-electron chi connectivity index (χ3n) is 4.03. The molecule has 6 heteroatoms. The fourth-order valence-electron chi connectivity index (χ4n) is 2.68. The Hall–Kier alpha value is -2.40. The summed E-state index contributed by atoms with van der Waals surface area (Å²) >= 11 is 6.07. The summed E-state index contributed by atoms with van der Waals surface area (Å²) in [6, 6.07) is 10.7. The third kappa shape index (κ3) is 3.57. The Morgan fingerprint density at radius 1 is 1.33 bits per heavy atom. The number of ether oxygens (including phenoxy) is 2. The molecule has 1 atom stereocenters. The average Bonchev–Trinajstić information content (AvgIpc) is 2.58. The lowest BCUT2D eigenvalue weighted by Crippen LogP contribution is -2.44. The van der Waals surface area contributed by atoms with E-state index in [1.807, 2.05) is 31.2 Å². The zero-order valence-electron chi connectivity index (χ0n) is 13.6. The van der Waals surface area contributed by atoms with Crippen molar-refractivity contribution in [3.8, 4) is 11.5 Å². The maximum Gasteiger partial charge on any atom is 0.319 e. The van der Waals surface area contributed by atoms with Crippen LogP contribution in [0.4, 0.5) is 10.5 Å². The molecule has 0 saturated heterocycles. The van der Waals surface area contributed by atoms with Gasteiger partial charge in [0.2, 0.25) is 0 Å². The molecule has 1 heterocycles. The van der Waals surface area contributed by atoms with Crippen LogP contribution in [0.2, 0.25) is 5.02 Å². The van der Waals surface area contributed by atoms with Crippen molar-refractivity contribution in [2.24, 2.45) is 0 Å². The minimum atomic E-state index is -0.277. The Bertz CT molecular complexity index is 764. The first kappa shape index (κ1) is 16.5. The number of carbonyl (C=O) groups excluding carboxylic acids is 1. The van der Waals surface area contributed by atoms with E-state index in [9.17, 15) is 4.79 Å². The van der Waals surface area contributed by atoms with Gasteiger partial charge in [-0.2, -0.15) is 0 Å². The Morgan fingerprint density at radius 3 is 2.96 bits per heavy atom. The molecule has 0 bridgehead atoms. The topological polar surface area (TPSA) is 59.6 Å². The van der Waals surface area contributed by atoms with Crippen LogP contribution in [-0.4, -0.2) is 25.8 Å². The molecule has 0 fully saturated rings. The molecule has 2 aromatic rings. The molecule has 126 valence electrons. The van der Waals surface area contributed by atoms with E-state index in [0.29, 0.717) is 23.7 Å². The van der Waals surface area contributed by atoms with Gasteiger partial charge < -0.3 is 20.1 Å². The minimum absolute atomic E-state index is 0.107. The summed E-state index contributed by atoms with van der Waals surface area (Å²) < 4.78 is 10.9. The number of amides is 2. The number of methoxy groups -OCH3 is 1. The molecule has 0 aromatic heterocycles. The molecule has 0 radical (unpaired) electrons. The van der Waals surface area contributed by atoms with E-state index in [4.69, 9.17) is 21.1 Å². The van der Waals surface area contributed by atoms with Crippen molar-refractivity contribution in [3.63, 3.8) is 0 Å². The molecule has 1 unspecified atom stereocenters. The summed E-state index contributed by atoms with van der Waals surface area (Å²) in [5.74, 6) is 1.61. The van der Waals surface area contributed by atoms with Crippen LogP contribution in [0.5, 0.6) is 11.5 Å². The quantitative estimate of drug-likeness (QED) is 0.889. The molecule has 2 aromatic carbocycles. The molecule has 0 spiro atoms. The van der Waals surface area contributed by atoms with E-state index in [-0.39, 0.29) is 12.1 Å². The summed E-state index contributed by atoms with van der Waals surface area (Å²) in [6.07, 6.45) is 0.689. The van der Waals surface area contributed by atoms with Crippen molar-refractivity contribution >= 4 is 23.3 Å². The van der Waals surface area contributed by atoms with Gasteiger partial charge in [-0.25, -0.2) is 4.79 Å². The average molecular weight is 347 g/mol. The molecular weight excluding hydrogens is 328 g/mol. The first-order valence-corrected chi connectivity index (χ1v) is 8.07. The SMILES string of the molecule is COc1ccc2c(c1)CC(NC(=O)Nc1cccc(Cl)c1C)CO2. The number of anilines is 1. The number of hydrogen-bond acceptors (Lipinski definition) is 3. The number of rotatable bonds is 3. The molecule has 0 saturated carbocycles. The fraction of sp³-hybridized carbons (Fsp3) is 0.278. The van der Waals surface area contributed by atoms with Crippen molar-refractivity contribution in [1.82, 2.24) is 5.32 Å². The van der Waals surface area contributed by atoms with E-state index in [1.165, 1.54) is 0 Å². The van der Waals surface area contributed by atoms with Crippen LogP contribution < -0.4 is 20.1 Å². The molecule has 2 N–H and O–H groups in total. The number of benzene rings is 2. The normalized spacial score (nSPS) is 15.9. The Morgan fingerprint density at radius 2 is 2.17 bits per heavy atom.